The van der Waals surface area contributed by atoms with Crippen molar-refractivity contribution >= 4 is 38.7 Å². The van der Waals surface area contributed by atoms with Gasteiger partial charge >= 0.3 is 5.63 Å². The van der Waals surface area contributed by atoms with Gasteiger partial charge in [-0.3, -0.25) is 15.1 Å². The van der Waals surface area contributed by atoms with Gasteiger partial charge in [0.15, 0.2) is 5.58 Å². The molecule has 142 valence electrons. The van der Waals surface area contributed by atoms with Gasteiger partial charge in [-0.2, -0.15) is 0 Å². The number of oxazole rings is 1. The molecule has 2 aromatic carbocycles. The molecule has 0 aliphatic rings. The van der Waals surface area contributed by atoms with Crippen molar-refractivity contribution < 1.29 is 13.8 Å². The Labute approximate surface area is 162 Å². The molecule has 0 saturated heterocycles. The largest absolute Gasteiger partial charge is 0.435 e. The minimum absolute atomic E-state index is 0.0843. The maximum Gasteiger partial charge on any atom is 0.349 e. The summed E-state index contributed by atoms with van der Waals surface area (Å²) in [6.45, 7) is 3.79. The summed E-state index contributed by atoms with van der Waals surface area (Å²) >= 11 is 0. The fourth-order valence-corrected chi connectivity index (χ4v) is 3.45. The Morgan fingerprint density at radius 3 is 2.62 bits per heavy atom. The molecule has 0 N–H and O–H groups in total. The average molecular weight is 387 g/mol. The molecule has 0 unspecified atom stereocenters. The molecule has 3 aromatic heterocycles. The number of non-ortho nitro benzene ring substituents is 1. The van der Waals surface area contributed by atoms with Crippen molar-refractivity contribution in [3.63, 3.8) is 0 Å². The number of nitrogens with zero attached hydrogens (tertiary/aromatic N) is 3. The number of hydrogen-bond donors (Lipinski definition) is 0. The molecule has 0 atom stereocenters. The van der Waals surface area contributed by atoms with Crippen LogP contribution in [0, 0.1) is 24.0 Å². The maximum absolute atomic E-state index is 12.5. The Kier molecular flexibility index (Phi) is 3.51. The van der Waals surface area contributed by atoms with Crippen LogP contribution in [0.4, 0.5) is 5.69 Å². The summed E-state index contributed by atoms with van der Waals surface area (Å²) in [6, 6.07) is 11.3. The van der Waals surface area contributed by atoms with E-state index >= 15 is 0 Å². The van der Waals surface area contributed by atoms with E-state index in [2.05, 4.69) is 9.97 Å². The summed E-state index contributed by atoms with van der Waals surface area (Å²) in [5.74, 6) is 0.0843. The molecule has 5 aromatic rings. The molecule has 0 saturated carbocycles. The quantitative estimate of drug-likeness (QED) is 0.246. The van der Waals surface area contributed by atoms with Crippen LogP contribution in [-0.2, 0) is 0 Å². The van der Waals surface area contributed by atoms with Crippen LogP contribution in [0.3, 0.4) is 0 Å². The summed E-state index contributed by atoms with van der Waals surface area (Å²) < 4.78 is 11.3. The first-order valence-electron chi connectivity index (χ1n) is 8.81. The first kappa shape index (κ1) is 17.1. The van der Waals surface area contributed by atoms with Gasteiger partial charge in [0.2, 0.25) is 5.89 Å². The lowest BCUT2D eigenvalue weighted by atomic mass is 10.1. The molecule has 29 heavy (non-hydrogen) atoms. The predicted octanol–water partition coefficient (Wildman–Crippen LogP) is 4.67. The summed E-state index contributed by atoms with van der Waals surface area (Å²) in [5.41, 5.74) is 3.18. The number of pyridine rings is 1. The lowest BCUT2D eigenvalue weighted by molar-refractivity contribution is -0.384. The molecule has 0 aliphatic heterocycles. The zero-order valence-electron chi connectivity index (χ0n) is 15.4. The fourth-order valence-electron chi connectivity index (χ4n) is 3.45. The number of aromatic nitrogens is 2. The highest BCUT2D eigenvalue weighted by molar-refractivity contribution is 6.03. The highest BCUT2D eigenvalue weighted by atomic mass is 16.6. The fraction of sp³-hybridized carbons (Fsp3) is 0.0952. The molecule has 3 heterocycles. The minimum atomic E-state index is -0.635. The number of benzene rings is 2. The number of rotatable bonds is 2. The second-order valence-electron chi connectivity index (χ2n) is 6.79. The number of hydrogen-bond acceptors (Lipinski definition) is 7. The van der Waals surface area contributed by atoms with Gasteiger partial charge in [-0.25, -0.2) is 9.78 Å². The van der Waals surface area contributed by atoms with Crippen molar-refractivity contribution in [2.45, 2.75) is 13.8 Å². The van der Waals surface area contributed by atoms with Crippen LogP contribution >= 0.6 is 0 Å². The van der Waals surface area contributed by atoms with Crippen molar-refractivity contribution in [2.75, 3.05) is 0 Å². The average Bonchev–Trinajstić information content (AvgIpc) is 3.14. The lowest BCUT2D eigenvalue weighted by Gasteiger charge is -2.02. The van der Waals surface area contributed by atoms with Gasteiger partial charge in [0.05, 0.1) is 16.1 Å². The number of para-hydroxylation sites is 1. The number of nitro benzene ring substituents is 1. The van der Waals surface area contributed by atoms with Crippen LogP contribution in [0.5, 0.6) is 0 Å². The molecule has 0 aliphatic carbocycles. The van der Waals surface area contributed by atoms with E-state index in [9.17, 15) is 14.9 Å². The smallest absolute Gasteiger partial charge is 0.349 e. The van der Waals surface area contributed by atoms with Crippen molar-refractivity contribution in [1.82, 2.24) is 9.97 Å². The van der Waals surface area contributed by atoms with E-state index in [-0.39, 0.29) is 22.7 Å². The molecule has 8 nitrogen and oxygen atoms in total. The zero-order valence-corrected chi connectivity index (χ0v) is 15.4. The van der Waals surface area contributed by atoms with E-state index < -0.39 is 10.5 Å². The van der Waals surface area contributed by atoms with Crippen molar-refractivity contribution in [1.29, 1.82) is 0 Å². The third-order valence-corrected chi connectivity index (χ3v) is 4.89. The normalized spacial score (nSPS) is 11.5. The SMILES string of the molecule is Cc1cccc2c1nc(C)c1nc(-c3cc4cc([N+](=O)[O-])ccc4oc3=O)oc12. The van der Waals surface area contributed by atoms with E-state index in [4.69, 9.17) is 8.83 Å². The highest BCUT2D eigenvalue weighted by Crippen LogP contribution is 2.32. The first-order valence-corrected chi connectivity index (χ1v) is 8.81. The monoisotopic (exact) mass is 387 g/mol. The van der Waals surface area contributed by atoms with Crippen molar-refractivity contribution in [3.8, 4) is 11.5 Å². The molecular weight excluding hydrogens is 374 g/mol. The number of fused-ring (bicyclic) bond motifs is 4. The molecule has 0 fully saturated rings. The Hall–Kier alpha value is -4.07. The zero-order chi connectivity index (χ0) is 20.3. The molecule has 0 amide bonds. The molecule has 0 bridgehead atoms. The maximum atomic E-state index is 12.5. The van der Waals surface area contributed by atoms with Crippen molar-refractivity contribution in [3.05, 3.63) is 74.3 Å². The van der Waals surface area contributed by atoms with E-state index in [0.29, 0.717) is 22.2 Å². The van der Waals surface area contributed by atoms with Crippen LogP contribution in [0.1, 0.15) is 11.3 Å². The van der Waals surface area contributed by atoms with Gasteiger partial charge in [-0.05, 0) is 37.6 Å². The van der Waals surface area contributed by atoms with Crippen molar-refractivity contribution in [2.24, 2.45) is 0 Å². The summed E-state index contributed by atoms with van der Waals surface area (Å²) in [6.07, 6.45) is 0. The van der Waals surface area contributed by atoms with E-state index in [1.54, 1.807) is 0 Å². The topological polar surface area (TPSA) is 112 Å². The third kappa shape index (κ3) is 2.57. The summed E-state index contributed by atoms with van der Waals surface area (Å²) in [5, 5.41) is 12.3. The van der Waals surface area contributed by atoms with Gasteiger partial charge in [0.25, 0.3) is 5.69 Å². The molecule has 5 rings (SSSR count). The molecular formula is C21H13N3O5. The van der Waals surface area contributed by atoms with Crippen LogP contribution in [0.15, 0.2) is 56.1 Å². The van der Waals surface area contributed by atoms with Gasteiger partial charge < -0.3 is 8.83 Å². The minimum Gasteiger partial charge on any atom is -0.435 e. The molecule has 0 spiro atoms. The van der Waals surface area contributed by atoms with Gasteiger partial charge in [-0.15, -0.1) is 0 Å². The number of aryl methyl sites for hydroxylation is 2. The number of nitro groups is 1. The van der Waals surface area contributed by atoms with Gasteiger partial charge in [0, 0.05) is 22.9 Å². The summed E-state index contributed by atoms with van der Waals surface area (Å²) in [7, 11) is 0. The molecule has 0 radical (unpaired) electrons. The van der Waals surface area contributed by atoms with Gasteiger partial charge in [0.1, 0.15) is 16.7 Å². The van der Waals surface area contributed by atoms with E-state index in [1.165, 1.54) is 24.3 Å². The lowest BCUT2D eigenvalue weighted by Crippen LogP contribution is -2.03. The highest BCUT2D eigenvalue weighted by Gasteiger charge is 2.19. The predicted molar refractivity (Wildman–Crippen MR) is 107 cm³/mol. The Morgan fingerprint density at radius 1 is 1.00 bits per heavy atom. The second kappa shape index (κ2) is 5.96. The van der Waals surface area contributed by atoms with Crippen LogP contribution in [-0.4, -0.2) is 14.9 Å². The Morgan fingerprint density at radius 2 is 1.83 bits per heavy atom. The third-order valence-electron chi connectivity index (χ3n) is 4.89. The Balaban J connectivity index is 1.80. The molecule has 8 heteroatoms. The van der Waals surface area contributed by atoms with E-state index in [0.717, 1.165) is 16.5 Å². The summed E-state index contributed by atoms with van der Waals surface area (Å²) in [4.78, 5) is 32.1. The second-order valence-corrected chi connectivity index (χ2v) is 6.79. The van der Waals surface area contributed by atoms with Gasteiger partial charge in [-0.1, -0.05) is 12.1 Å². The van der Waals surface area contributed by atoms with Crippen LogP contribution < -0.4 is 5.63 Å². The van der Waals surface area contributed by atoms with Crippen LogP contribution in [0.25, 0.3) is 44.4 Å². The van der Waals surface area contributed by atoms with Crippen LogP contribution in [0.2, 0.25) is 0 Å². The first-order chi connectivity index (χ1) is 13.9. The Bertz CT molecular complexity index is 1530. The van der Waals surface area contributed by atoms with E-state index in [1.807, 2.05) is 32.0 Å². The standard InChI is InChI=1S/C21H13N3O5/c1-10-4-3-5-14-17(10)22-11(2)18-19(14)29-20(23-18)15-9-12-8-13(24(26)27)6-7-16(12)28-21(15)25/h3-9H,1-2H3.